The average Bonchev–Trinajstić information content (AvgIpc) is 2.73. The smallest absolute Gasteiger partial charge is 0.408 e. The second-order valence-electron chi connectivity index (χ2n) is 8.39. The minimum Gasteiger partial charge on any atom is -0.497 e. The van der Waals surface area contributed by atoms with Gasteiger partial charge in [-0.05, 0) is 64.4 Å². The van der Waals surface area contributed by atoms with Crippen molar-refractivity contribution in [1.29, 1.82) is 0 Å². The summed E-state index contributed by atoms with van der Waals surface area (Å²) in [5.41, 5.74) is -0.383. The Bertz CT molecular complexity index is 1240. The number of alkyl carbamates (subject to hydrolysis) is 1. The van der Waals surface area contributed by atoms with Gasteiger partial charge in [0.25, 0.3) is 0 Å². The van der Waals surface area contributed by atoms with Gasteiger partial charge in [-0.25, -0.2) is 14.4 Å². The normalized spacial score (nSPS) is 12.4. The van der Waals surface area contributed by atoms with Gasteiger partial charge in [0.15, 0.2) is 0 Å². The molecule has 8 nitrogen and oxygen atoms in total. The zero-order valence-electron chi connectivity index (χ0n) is 19.0. The minimum atomic E-state index is -0.893. The Morgan fingerprint density at radius 1 is 1.09 bits per heavy atom. The lowest BCUT2D eigenvalue weighted by Gasteiger charge is -2.22. The van der Waals surface area contributed by atoms with Crippen LogP contribution in [0.2, 0.25) is 0 Å². The van der Waals surface area contributed by atoms with Crippen molar-refractivity contribution >= 4 is 33.8 Å². The van der Waals surface area contributed by atoms with Gasteiger partial charge < -0.3 is 23.9 Å². The van der Waals surface area contributed by atoms with E-state index in [4.69, 9.17) is 18.6 Å². The van der Waals surface area contributed by atoms with Crippen molar-refractivity contribution < 1.29 is 28.2 Å². The number of carbonyl (C=O) groups is 2. The van der Waals surface area contributed by atoms with E-state index in [1.807, 2.05) is 0 Å². The highest BCUT2D eigenvalue weighted by atomic mass is 16.6. The van der Waals surface area contributed by atoms with E-state index in [0.717, 1.165) is 0 Å². The van der Waals surface area contributed by atoms with Crippen LogP contribution in [-0.2, 0) is 9.53 Å². The summed E-state index contributed by atoms with van der Waals surface area (Å²) in [5, 5.41) is 4.33. The topological polar surface area (TPSA) is 104 Å². The lowest BCUT2D eigenvalue weighted by molar-refractivity contribution is -0.136. The van der Waals surface area contributed by atoms with E-state index in [0.29, 0.717) is 39.5 Å². The number of rotatable bonds is 5. The van der Waals surface area contributed by atoms with Gasteiger partial charge >= 0.3 is 17.7 Å². The monoisotopic (exact) mass is 441 g/mol. The standard InChI is InChI=1S/C24H27NO7/c1-7-18(25-23(28)32-24(3,4)5)22(27)30-19-11-10-16-15-9-8-14(29-6)12-17(15)21(26)31-20(16)13(19)2/h8-12,18H,7H2,1-6H3,(H,25,28)/t18-/m1/s1. The number of nitrogens with one attached hydrogen (secondary N) is 1. The van der Waals surface area contributed by atoms with E-state index in [1.165, 1.54) is 7.11 Å². The Morgan fingerprint density at radius 3 is 2.41 bits per heavy atom. The van der Waals surface area contributed by atoms with Crippen molar-refractivity contribution in [2.75, 3.05) is 7.11 Å². The van der Waals surface area contributed by atoms with Gasteiger partial charge in [-0.2, -0.15) is 0 Å². The summed E-state index contributed by atoms with van der Waals surface area (Å²) < 4.78 is 21.5. The molecule has 1 amide bonds. The van der Waals surface area contributed by atoms with Gasteiger partial charge in [-0.1, -0.05) is 6.92 Å². The van der Waals surface area contributed by atoms with Crippen LogP contribution in [-0.4, -0.2) is 30.8 Å². The number of hydrogen-bond donors (Lipinski definition) is 1. The molecule has 0 saturated carbocycles. The van der Waals surface area contributed by atoms with Crippen LogP contribution >= 0.6 is 0 Å². The van der Waals surface area contributed by atoms with E-state index >= 15 is 0 Å². The maximum absolute atomic E-state index is 12.7. The Kier molecular flexibility index (Phi) is 6.43. The number of hydrogen-bond acceptors (Lipinski definition) is 7. The SMILES string of the molecule is CC[C@@H](NC(=O)OC(C)(C)C)C(=O)Oc1ccc2c(oc(=O)c3cc(OC)ccc32)c1C. The molecule has 170 valence electrons. The first-order valence-electron chi connectivity index (χ1n) is 10.3. The molecule has 3 aromatic rings. The summed E-state index contributed by atoms with van der Waals surface area (Å²) in [6.07, 6.45) is -0.392. The van der Waals surface area contributed by atoms with Crippen LogP contribution in [0, 0.1) is 6.92 Å². The Labute approximate surface area is 185 Å². The van der Waals surface area contributed by atoms with Gasteiger partial charge in [0, 0.05) is 16.3 Å². The average molecular weight is 441 g/mol. The van der Waals surface area contributed by atoms with Crippen molar-refractivity contribution in [3.05, 3.63) is 46.3 Å². The summed E-state index contributed by atoms with van der Waals surface area (Å²) in [5.74, 6) is 0.145. The van der Waals surface area contributed by atoms with Gasteiger partial charge in [-0.15, -0.1) is 0 Å². The van der Waals surface area contributed by atoms with Gasteiger partial charge in [0.2, 0.25) is 0 Å². The van der Waals surface area contributed by atoms with Crippen LogP contribution in [0.4, 0.5) is 4.79 Å². The summed E-state index contributed by atoms with van der Waals surface area (Å²) in [4.78, 5) is 37.3. The molecule has 0 radical (unpaired) electrons. The fraction of sp³-hybridized carbons (Fsp3) is 0.375. The van der Waals surface area contributed by atoms with Crippen LogP contribution in [0.3, 0.4) is 0 Å². The van der Waals surface area contributed by atoms with E-state index in [2.05, 4.69) is 5.32 Å². The molecule has 0 fully saturated rings. The van der Waals surface area contributed by atoms with Crippen LogP contribution in [0.1, 0.15) is 39.7 Å². The molecule has 0 unspecified atom stereocenters. The summed E-state index contributed by atoms with van der Waals surface area (Å²) in [6, 6.07) is 7.65. The quantitative estimate of drug-likeness (QED) is 0.270. The molecule has 3 rings (SSSR count). The first-order chi connectivity index (χ1) is 15.0. The van der Waals surface area contributed by atoms with Gasteiger partial charge in [-0.3, -0.25) is 0 Å². The Hall–Kier alpha value is -3.55. The molecule has 1 heterocycles. The lowest BCUT2D eigenvalue weighted by Crippen LogP contribution is -2.44. The number of fused-ring (bicyclic) bond motifs is 3. The van der Waals surface area contributed by atoms with E-state index in [-0.39, 0.29) is 5.75 Å². The molecule has 0 bridgehead atoms. The van der Waals surface area contributed by atoms with Crippen LogP contribution in [0.5, 0.6) is 11.5 Å². The minimum absolute atomic E-state index is 0.239. The molecule has 0 aliphatic rings. The predicted octanol–water partition coefficient (Wildman–Crippen LogP) is 4.47. The van der Waals surface area contributed by atoms with Crippen molar-refractivity contribution in [3.63, 3.8) is 0 Å². The third kappa shape index (κ3) is 4.85. The molecule has 0 spiro atoms. The highest BCUT2D eigenvalue weighted by molar-refractivity contribution is 6.06. The molecule has 1 N–H and O–H groups in total. The highest BCUT2D eigenvalue weighted by Gasteiger charge is 2.25. The number of aryl methyl sites for hydroxylation is 1. The maximum Gasteiger partial charge on any atom is 0.408 e. The first kappa shape index (κ1) is 23.1. The third-order valence-corrected chi connectivity index (χ3v) is 4.88. The fourth-order valence-electron chi connectivity index (χ4n) is 3.29. The van der Waals surface area contributed by atoms with E-state index in [9.17, 15) is 14.4 Å². The van der Waals surface area contributed by atoms with Crippen molar-refractivity contribution in [2.45, 2.75) is 52.7 Å². The summed E-state index contributed by atoms with van der Waals surface area (Å²) in [7, 11) is 1.52. The summed E-state index contributed by atoms with van der Waals surface area (Å²) in [6.45, 7) is 8.65. The number of carbonyl (C=O) groups excluding carboxylic acids is 2. The second-order valence-corrected chi connectivity index (χ2v) is 8.39. The van der Waals surface area contributed by atoms with Crippen LogP contribution < -0.4 is 20.4 Å². The molecule has 1 aromatic heterocycles. The molecule has 0 aliphatic heterocycles. The van der Waals surface area contributed by atoms with Gasteiger partial charge in [0.05, 0.1) is 12.5 Å². The lowest BCUT2D eigenvalue weighted by atomic mass is 10.0. The maximum atomic E-state index is 12.7. The predicted molar refractivity (Wildman–Crippen MR) is 120 cm³/mol. The second kappa shape index (κ2) is 8.90. The molecular weight excluding hydrogens is 414 g/mol. The Balaban J connectivity index is 1.91. The fourth-order valence-corrected chi connectivity index (χ4v) is 3.29. The third-order valence-electron chi connectivity index (χ3n) is 4.88. The van der Waals surface area contributed by atoms with E-state index in [1.54, 1.807) is 65.0 Å². The number of amides is 1. The zero-order valence-corrected chi connectivity index (χ0v) is 19.0. The number of methoxy groups -OCH3 is 1. The molecule has 1 atom stereocenters. The molecule has 8 heteroatoms. The van der Waals surface area contributed by atoms with E-state index < -0.39 is 29.3 Å². The first-order valence-corrected chi connectivity index (χ1v) is 10.3. The number of esters is 1. The van der Waals surface area contributed by atoms with Crippen molar-refractivity contribution in [3.8, 4) is 11.5 Å². The van der Waals surface area contributed by atoms with Crippen LogP contribution in [0.25, 0.3) is 21.7 Å². The zero-order chi connectivity index (χ0) is 23.6. The summed E-state index contributed by atoms with van der Waals surface area (Å²) >= 11 is 0. The molecule has 0 aliphatic carbocycles. The van der Waals surface area contributed by atoms with Crippen molar-refractivity contribution in [1.82, 2.24) is 5.32 Å². The molecule has 0 saturated heterocycles. The largest absolute Gasteiger partial charge is 0.497 e. The highest BCUT2D eigenvalue weighted by Crippen LogP contribution is 2.32. The number of ether oxygens (including phenoxy) is 3. The van der Waals surface area contributed by atoms with Crippen LogP contribution in [0.15, 0.2) is 39.5 Å². The Morgan fingerprint density at radius 2 is 1.78 bits per heavy atom. The molecule has 2 aromatic carbocycles. The van der Waals surface area contributed by atoms with Gasteiger partial charge in [0.1, 0.15) is 28.7 Å². The molecule has 32 heavy (non-hydrogen) atoms. The number of benzene rings is 2. The van der Waals surface area contributed by atoms with Crippen molar-refractivity contribution in [2.24, 2.45) is 0 Å². The molecular formula is C24H27NO7.